The van der Waals surface area contributed by atoms with Crippen molar-refractivity contribution in [2.75, 3.05) is 5.73 Å². The third kappa shape index (κ3) is 1.75. The minimum atomic E-state index is 0.0422. The van der Waals surface area contributed by atoms with Crippen LogP contribution in [0.25, 0.3) is 10.9 Å². The fraction of sp³-hybridized carbons (Fsp3) is 0.357. The molecule has 2 heteroatoms. The van der Waals surface area contributed by atoms with Crippen LogP contribution in [-0.2, 0) is 5.41 Å². The molecule has 84 valence electrons. The molecule has 0 aliphatic carbocycles. The molecule has 0 amide bonds. The lowest BCUT2D eigenvalue weighted by Gasteiger charge is -2.23. The van der Waals surface area contributed by atoms with E-state index in [1.807, 2.05) is 0 Å². The molecule has 16 heavy (non-hydrogen) atoms. The van der Waals surface area contributed by atoms with E-state index in [-0.39, 0.29) is 5.41 Å². The molecule has 0 radical (unpaired) electrons. The Bertz CT molecular complexity index is 536. The Morgan fingerprint density at radius 2 is 1.88 bits per heavy atom. The molecular weight excluding hydrogens is 196 g/mol. The Kier molecular flexibility index (Phi) is 2.38. The van der Waals surface area contributed by atoms with Crippen LogP contribution in [0.4, 0.5) is 5.69 Å². The minimum absolute atomic E-state index is 0.0422. The normalized spacial score (nSPS) is 12.0. The van der Waals surface area contributed by atoms with Crippen molar-refractivity contribution in [2.24, 2.45) is 0 Å². The largest absolute Gasteiger partial charge is 0.397 e. The maximum absolute atomic E-state index is 6.05. The Morgan fingerprint density at radius 1 is 1.19 bits per heavy atom. The van der Waals surface area contributed by atoms with Crippen molar-refractivity contribution in [2.45, 2.75) is 33.1 Å². The average molecular weight is 214 g/mol. The smallest absolute Gasteiger partial charge is 0.0709 e. The third-order valence-corrected chi connectivity index (χ3v) is 2.80. The second kappa shape index (κ2) is 3.48. The van der Waals surface area contributed by atoms with Crippen molar-refractivity contribution in [3.05, 3.63) is 35.5 Å². The van der Waals surface area contributed by atoms with Gasteiger partial charge in [0.1, 0.15) is 0 Å². The second-order valence-corrected chi connectivity index (χ2v) is 5.36. The minimum Gasteiger partial charge on any atom is -0.397 e. The Labute approximate surface area is 96.5 Å². The molecule has 0 fully saturated rings. The topological polar surface area (TPSA) is 38.9 Å². The monoisotopic (exact) mass is 214 g/mol. The number of fused-ring (bicyclic) bond motifs is 1. The quantitative estimate of drug-likeness (QED) is 0.729. The molecule has 0 aliphatic rings. The first-order valence-corrected chi connectivity index (χ1v) is 5.55. The van der Waals surface area contributed by atoms with E-state index < -0.39 is 0 Å². The van der Waals surface area contributed by atoms with Crippen molar-refractivity contribution in [3.63, 3.8) is 0 Å². The highest BCUT2D eigenvalue weighted by atomic mass is 14.7. The second-order valence-electron chi connectivity index (χ2n) is 5.36. The fourth-order valence-corrected chi connectivity index (χ4v) is 2.16. The molecule has 2 aromatic rings. The first-order valence-electron chi connectivity index (χ1n) is 5.55. The van der Waals surface area contributed by atoms with Crippen LogP contribution in [0.1, 0.15) is 31.9 Å². The van der Waals surface area contributed by atoms with E-state index in [2.05, 4.69) is 50.9 Å². The average Bonchev–Trinajstić information content (AvgIpc) is 2.16. The van der Waals surface area contributed by atoms with E-state index in [9.17, 15) is 0 Å². The summed E-state index contributed by atoms with van der Waals surface area (Å²) >= 11 is 0. The lowest BCUT2D eigenvalue weighted by molar-refractivity contribution is 0.597. The molecule has 2 rings (SSSR count). The maximum Gasteiger partial charge on any atom is 0.0709 e. The van der Waals surface area contributed by atoms with Gasteiger partial charge in [0.15, 0.2) is 0 Å². The maximum atomic E-state index is 6.05. The van der Waals surface area contributed by atoms with E-state index in [4.69, 9.17) is 5.73 Å². The van der Waals surface area contributed by atoms with Gasteiger partial charge in [-0.15, -0.1) is 0 Å². The number of nitrogens with two attached hydrogens (primary N) is 1. The van der Waals surface area contributed by atoms with Gasteiger partial charge in [0.05, 0.1) is 17.4 Å². The molecule has 1 aromatic carbocycles. The van der Waals surface area contributed by atoms with Crippen LogP contribution in [0.2, 0.25) is 0 Å². The van der Waals surface area contributed by atoms with Gasteiger partial charge in [-0.05, 0) is 29.5 Å². The van der Waals surface area contributed by atoms with E-state index in [1.165, 1.54) is 11.1 Å². The van der Waals surface area contributed by atoms with Crippen LogP contribution in [-0.4, -0.2) is 4.98 Å². The van der Waals surface area contributed by atoms with Gasteiger partial charge >= 0.3 is 0 Å². The third-order valence-electron chi connectivity index (χ3n) is 2.80. The number of hydrogen-bond donors (Lipinski definition) is 1. The standard InChI is InChI=1S/C14H18N2/c1-9-5-6-10-12(7-9)16-8-11(15)13(10)14(2,3)4/h5-8H,15H2,1-4H3. The summed E-state index contributed by atoms with van der Waals surface area (Å²) in [6.07, 6.45) is 1.77. The predicted octanol–water partition coefficient (Wildman–Crippen LogP) is 3.42. The van der Waals surface area contributed by atoms with Crippen molar-refractivity contribution in [1.29, 1.82) is 0 Å². The molecule has 0 unspecified atom stereocenters. The number of anilines is 1. The van der Waals surface area contributed by atoms with E-state index in [0.717, 1.165) is 16.6 Å². The van der Waals surface area contributed by atoms with Gasteiger partial charge in [0.2, 0.25) is 0 Å². The zero-order valence-electron chi connectivity index (χ0n) is 10.3. The molecule has 0 aliphatic heterocycles. The highest BCUT2D eigenvalue weighted by molar-refractivity contribution is 5.87. The Balaban J connectivity index is 2.85. The molecule has 0 atom stereocenters. The van der Waals surface area contributed by atoms with Gasteiger partial charge in [-0.25, -0.2) is 0 Å². The van der Waals surface area contributed by atoms with Gasteiger partial charge in [0, 0.05) is 5.39 Å². The first-order chi connectivity index (χ1) is 7.39. The van der Waals surface area contributed by atoms with Crippen LogP contribution in [0.3, 0.4) is 0 Å². The van der Waals surface area contributed by atoms with Gasteiger partial charge in [-0.3, -0.25) is 4.98 Å². The van der Waals surface area contributed by atoms with Crippen molar-refractivity contribution in [1.82, 2.24) is 4.98 Å². The van der Waals surface area contributed by atoms with Gasteiger partial charge in [0.25, 0.3) is 0 Å². The molecule has 0 spiro atoms. The van der Waals surface area contributed by atoms with Gasteiger partial charge in [-0.2, -0.15) is 0 Å². The summed E-state index contributed by atoms with van der Waals surface area (Å²) in [5.74, 6) is 0. The highest BCUT2D eigenvalue weighted by Crippen LogP contribution is 2.33. The van der Waals surface area contributed by atoms with Crippen LogP contribution >= 0.6 is 0 Å². The van der Waals surface area contributed by atoms with Gasteiger partial charge in [-0.1, -0.05) is 32.9 Å². The summed E-state index contributed by atoms with van der Waals surface area (Å²) in [5, 5.41) is 1.16. The van der Waals surface area contributed by atoms with Crippen LogP contribution in [0.15, 0.2) is 24.4 Å². The molecule has 0 saturated carbocycles. The van der Waals surface area contributed by atoms with Crippen molar-refractivity contribution >= 4 is 16.6 Å². The van der Waals surface area contributed by atoms with Crippen LogP contribution < -0.4 is 5.73 Å². The SMILES string of the molecule is Cc1ccc2c(C(C)(C)C)c(N)cnc2c1. The number of pyridine rings is 1. The molecule has 0 bridgehead atoms. The summed E-state index contributed by atoms with van der Waals surface area (Å²) in [7, 11) is 0. The zero-order valence-corrected chi connectivity index (χ0v) is 10.3. The molecule has 2 N–H and O–H groups in total. The lowest BCUT2D eigenvalue weighted by Crippen LogP contribution is -2.15. The number of nitrogen functional groups attached to an aromatic ring is 1. The number of benzene rings is 1. The van der Waals surface area contributed by atoms with E-state index in [1.54, 1.807) is 6.20 Å². The summed E-state index contributed by atoms with van der Waals surface area (Å²) in [5.41, 5.74) is 10.3. The van der Waals surface area contributed by atoms with Crippen LogP contribution in [0, 0.1) is 6.92 Å². The van der Waals surface area contributed by atoms with Crippen molar-refractivity contribution < 1.29 is 0 Å². The zero-order chi connectivity index (χ0) is 11.9. The number of aryl methyl sites for hydroxylation is 1. The summed E-state index contributed by atoms with van der Waals surface area (Å²) < 4.78 is 0. The Hall–Kier alpha value is -1.57. The lowest BCUT2D eigenvalue weighted by atomic mass is 9.83. The first kappa shape index (κ1) is 10.9. The Morgan fingerprint density at radius 3 is 2.50 bits per heavy atom. The fourth-order valence-electron chi connectivity index (χ4n) is 2.16. The molecule has 1 aromatic heterocycles. The van der Waals surface area contributed by atoms with Gasteiger partial charge < -0.3 is 5.73 Å². The predicted molar refractivity (Wildman–Crippen MR) is 69.6 cm³/mol. The summed E-state index contributed by atoms with van der Waals surface area (Å²) in [6.45, 7) is 8.61. The number of hydrogen-bond acceptors (Lipinski definition) is 2. The van der Waals surface area contributed by atoms with E-state index in [0.29, 0.717) is 0 Å². The van der Waals surface area contributed by atoms with E-state index >= 15 is 0 Å². The molecular formula is C14H18N2. The van der Waals surface area contributed by atoms with Crippen LogP contribution in [0.5, 0.6) is 0 Å². The molecule has 1 heterocycles. The highest BCUT2D eigenvalue weighted by Gasteiger charge is 2.20. The van der Waals surface area contributed by atoms with Crippen molar-refractivity contribution in [3.8, 4) is 0 Å². The summed E-state index contributed by atoms with van der Waals surface area (Å²) in [4.78, 5) is 4.39. The number of rotatable bonds is 0. The summed E-state index contributed by atoms with van der Waals surface area (Å²) in [6, 6.07) is 6.33. The number of nitrogens with zero attached hydrogens (tertiary/aromatic N) is 1. The number of aromatic nitrogens is 1. The molecule has 2 nitrogen and oxygen atoms in total. The molecule has 0 saturated heterocycles.